The van der Waals surface area contributed by atoms with Gasteiger partial charge in [-0.2, -0.15) is 8.42 Å². The van der Waals surface area contributed by atoms with E-state index in [9.17, 15) is 22.4 Å². The Labute approximate surface area is 102 Å². The van der Waals surface area contributed by atoms with Crippen LogP contribution in [-0.4, -0.2) is 25.2 Å². The SMILES string of the molecule is CC(=O)Oc1ccc(C(C=O)S(=O)(=O)O)cc1F. The van der Waals surface area contributed by atoms with Crippen molar-refractivity contribution in [3.63, 3.8) is 0 Å². The van der Waals surface area contributed by atoms with Crippen molar-refractivity contribution >= 4 is 22.4 Å². The van der Waals surface area contributed by atoms with Gasteiger partial charge in [-0.05, 0) is 17.7 Å². The number of aldehydes is 1. The van der Waals surface area contributed by atoms with Crippen molar-refractivity contribution in [2.75, 3.05) is 0 Å². The van der Waals surface area contributed by atoms with Crippen LogP contribution >= 0.6 is 0 Å². The first-order chi connectivity index (χ1) is 8.25. The summed E-state index contributed by atoms with van der Waals surface area (Å²) in [4.78, 5) is 21.2. The van der Waals surface area contributed by atoms with E-state index in [2.05, 4.69) is 4.74 Å². The maximum atomic E-state index is 13.4. The molecule has 0 bridgehead atoms. The Morgan fingerprint density at radius 2 is 2.11 bits per heavy atom. The van der Waals surface area contributed by atoms with Gasteiger partial charge in [0.15, 0.2) is 16.8 Å². The highest BCUT2D eigenvalue weighted by Crippen LogP contribution is 2.25. The van der Waals surface area contributed by atoms with Crippen molar-refractivity contribution in [1.29, 1.82) is 0 Å². The van der Waals surface area contributed by atoms with Gasteiger partial charge in [0.1, 0.15) is 6.29 Å². The molecule has 6 nitrogen and oxygen atoms in total. The predicted octanol–water partition coefficient (Wildman–Crippen LogP) is 0.879. The summed E-state index contributed by atoms with van der Waals surface area (Å²) < 4.78 is 48.4. The van der Waals surface area contributed by atoms with Gasteiger partial charge in [0.2, 0.25) is 0 Å². The summed E-state index contributed by atoms with van der Waals surface area (Å²) in [5, 5.41) is -1.88. The molecule has 8 heteroatoms. The summed E-state index contributed by atoms with van der Waals surface area (Å²) in [6, 6.07) is 2.76. The van der Waals surface area contributed by atoms with Crippen LogP contribution in [-0.2, 0) is 19.7 Å². The molecule has 0 amide bonds. The molecule has 1 unspecified atom stereocenters. The van der Waals surface area contributed by atoms with Crippen molar-refractivity contribution in [1.82, 2.24) is 0 Å². The zero-order valence-electron chi connectivity index (χ0n) is 9.16. The third-order valence-corrected chi connectivity index (χ3v) is 3.01. The van der Waals surface area contributed by atoms with Gasteiger partial charge in [-0.25, -0.2) is 4.39 Å². The number of hydrogen-bond acceptors (Lipinski definition) is 5. The van der Waals surface area contributed by atoms with Crippen molar-refractivity contribution in [3.05, 3.63) is 29.6 Å². The highest BCUT2D eigenvalue weighted by Gasteiger charge is 2.25. The van der Waals surface area contributed by atoms with Crippen LogP contribution < -0.4 is 4.74 Å². The number of benzene rings is 1. The molecule has 1 aromatic rings. The molecule has 1 rings (SSSR count). The van der Waals surface area contributed by atoms with E-state index >= 15 is 0 Å². The largest absolute Gasteiger partial charge is 0.424 e. The van der Waals surface area contributed by atoms with Gasteiger partial charge in [-0.3, -0.25) is 9.35 Å². The fourth-order valence-electron chi connectivity index (χ4n) is 1.25. The van der Waals surface area contributed by atoms with Crippen LogP contribution in [0.15, 0.2) is 18.2 Å². The molecule has 0 radical (unpaired) electrons. The lowest BCUT2D eigenvalue weighted by molar-refractivity contribution is -0.132. The van der Waals surface area contributed by atoms with Gasteiger partial charge in [0.25, 0.3) is 10.1 Å². The number of rotatable bonds is 4. The second-order valence-corrected chi connectivity index (χ2v) is 4.89. The number of carbonyl (C=O) groups is 2. The highest BCUT2D eigenvalue weighted by molar-refractivity contribution is 7.86. The zero-order valence-corrected chi connectivity index (χ0v) is 9.98. The first-order valence-electron chi connectivity index (χ1n) is 4.65. The first kappa shape index (κ1) is 14.3. The van der Waals surface area contributed by atoms with Gasteiger partial charge >= 0.3 is 5.97 Å². The third kappa shape index (κ3) is 3.34. The molecule has 1 aromatic carbocycles. The van der Waals surface area contributed by atoms with E-state index < -0.39 is 32.9 Å². The number of ether oxygens (including phenoxy) is 1. The Balaban J connectivity index is 3.18. The van der Waals surface area contributed by atoms with E-state index in [1.807, 2.05) is 0 Å². The smallest absolute Gasteiger partial charge is 0.308 e. The minimum absolute atomic E-state index is 0.0321. The van der Waals surface area contributed by atoms with Gasteiger partial charge in [0.05, 0.1) is 0 Å². The summed E-state index contributed by atoms with van der Waals surface area (Å²) in [6.45, 7) is 1.07. The third-order valence-electron chi connectivity index (χ3n) is 1.98. The fraction of sp³-hybridized carbons (Fsp3) is 0.200. The Kier molecular flexibility index (Phi) is 4.15. The molecule has 0 heterocycles. The highest BCUT2D eigenvalue weighted by atomic mass is 32.2. The molecule has 0 aliphatic heterocycles. The van der Waals surface area contributed by atoms with Crippen LogP contribution in [0.2, 0.25) is 0 Å². The van der Waals surface area contributed by atoms with Crippen molar-refractivity contribution in [2.24, 2.45) is 0 Å². The van der Waals surface area contributed by atoms with E-state index in [1.165, 1.54) is 0 Å². The Bertz CT molecular complexity index is 580. The summed E-state index contributed by atoms with van der Waals surface area (Å²) in [5.74, 6) is -2.16. The summed E-state index contributed by atoms with van der Waals surface area (Å²) in [5.41, 5.74) is -0.263. The van der Waals surface area contributed by atoms with Gasteiger partial charge in [-0.15, -0.1) is 0 Å². The van der Waals surface area contributed by atoms with Crippen molar-refractivity contribution in [2.45, 2.75) is 12.2 Å². The molecule has 0 fully saturated rings. The van der Waals surface area contributed by atoms with Crippen LogP contribution in [0.3, 0.4) is 0 Å². The minimum Gasteiger partial charge on any atom is -0.424 e. The fourth-order valence-corrected chi connectivity index (χ4v) is 1.88. The summed E-state index contributed by atoms with van der Waals surface area (Å²) in [7, 11) is -4.66. The van der Waals surface area contributed by atoms with Crippen LogP contribution in [0.5, 0.6) is 5.75 Å². The van der Waals surface area contributed by atoms with E-state index in [0.717, 1.165) is 19.1 Å². The Morgan fingerprint density at radius 1 is 1.50 bits per heavy atom. The van der Waals surface area contributed by atoms with Crippen LogP contribution in [0.25, 0.3) is 0 Å². The summed E-state index contributed by atoms with van der Waals surface area (Å²) in [6.07, 6.45) is -0.0321. The maximum Gasteiger partial charge on any atom is 0.308 e. The summed E-state index contributed by atoms with van der Waals surface area (Å²) >= 11 is 0. The van der Waals surface area contributed by atoms with Crippen molar-refractivity contribution < 1.29 is 31.7 Å². The average Bonchev–Trinajstić information content (AvgIpc) is 2.20. The molecular formula is C10H9FO6S. The van der Waals surface area contributed by atoms with Crippen LogP contribution in [0, 0.1) is 5.82 Å². The van der Waals surface area contributed by atoms with Gasteiger partial charge in [0, 0.05) is 6.92 Å². The van der Waals surface area contributed by atoms with E-state index in [4.69, 9.17) is 4.55 Å². The molecule has 98 valence electrons. The average molecular weight is 276 g/mol. The molecule has 1 atom stereocenters. The number of esters is 1. The standard InChI is InChI=1S/C10H9FO6S/c1-6(13)17-9-3-2-7(4-8(9)11)10(5-12)18(14,15)16/h2-5,10H,1H3,(H,14,15,16). The number of halogens is 1. The van der Waals surface area contributed by atoms with Crippen LogP contribution in [0.1, 0.15) is 17.7 Å². The zero-order chi connectivity index (χ0) is 13.9. The monoisotopic (exact) mass is 276 g/mol. The molecule has 0 aliphatic rings. The lowest BCUT2D eigenvalue weighted by Crippen LogP contribution is -2.14. The topological polar surface area (TPSA) is 97.7 Å². The van der Waals surface area contributed by atoms with Gasteiger partial charge in [-0.1, -0.05) is 6.07 Å². The Morgan fingerprint density at radius 3 is 2.50 bits per heavy atom. The first-order valence-corrected chi connectivity index (χ1v) is 6.15. The number of hydrogen-bond donors (Lipinski definition) is 1. The van der Waals surface area contributed by atoms with Gasteiger partial charge < -0.3 is 9.53 Å². The molecule has 1 N–H and O–H groups in total. The lowest BCUT2D eigenvalue weighted by atomic mass is 10.1. The van der Waals surface area contributed by atoms with Crippen LogP contribution in [0.4, 0.5) is 4.39 Å². The quantitative estimate of drug-likeness (QED) is 0.379. The van der Waals surface area contributed by atoms with E-state index in [-0.39, 0.29) is 11.8 Å². The lowest BCUT2D eigenvalue weighted by Gasteiger charge is -2.09. The van der Waals surface area contributed by atoms with Crippen molar-refractivity contribution in [3.8, 4) is 5.75 Å². The minimum atomic E-state index is -4.66. The molecule has 0 saturated carbocycles. The number of carbonyl (C=O) groups excluding carboxylic acids is 2. The normalized spacial score (nSPS) is 12.8. The predicted molar refractivity (Wildman–Crippen MR) is 58.1 cm³/mol. The molecule has 18 heavy (non-hydrogen) atoms. The molecule has 0 aliphatic carbocycles. The second kappa shape index (κ2) is 5.23. The Hall–Kier alpha value is -1.80. The molecule has 0 spiro atoms. The molecular weight excluding hydrogens is 267 g/mol. The van der Waals surface area contributed by atoms with E-state index in [1.54, 1.807) is 0 Å². The second-order valence-electron chi connectivity index (χ2n) is 3.36. The van der Waals surface area contributed by atoms with E-state index in [0.29, 0.717) is 6.07 Å². The molecule has 0 aromatic heterocycles. The maximum absolute atomic E-state index is 13.4. The molecule has 0 saturated heterocycles.